The van der Waals surface area contributed by atoms with Gasteiger partial charge in [-0.05, 0) is 50.3 Å². The average molecular weight is 343 g/mol. The molecule has 0 fully saturated rings. The lowest BCUT2D eigenvalue weighted by molar-refractivity contribution is -0.116. The summed E-state index contributed by atoms with van der Waals surface area (Å²) in [5.41, 5.74) is 1.81. The van der Waals surface area contributed by atoms with E-state index in [0.717, 1.165) is 30.6 Å². The summed E-state index contributed by atoms with van der Waals surface area (Å²) < 4.78 is 5.33. The number of thiophene rings is 1. The fourth-order valence-electron chi connectivity index (χ4n) is 3.00. The number of aryl methyl sites for hydroxylation is 1. The molecule has 0 saturated carbocycles. The summed E-state index contributed by atoms with van der Waals surface area (Å²) in [7, 11) is 0. The van der Waals surface area contributed by atoms with Gasteiger partial charge in [-0.15, -0.1) is 11.3 Å². The van der Waals surface area contributed by atoms with Crippen LogP contribution in [-0.2, 0) is 17.6 Å². The number of carbonyl (C=O) groups is 1. The fourth-order valence-corrected chi connectivity index (χ4v) is 4.26. The SMILES string of the molecule is C[C@H](NCCC(=O)Nc1sc2c(c1C#N)CCCC2)c1ccco1. The van der Waals surface area contributed by atoms with Crippen LogP contribution in [0.25, 0.3) is 0 Å². The molecule has 0 saturated heterocycles. The highest BCUT2D eigenvalue weighted by Crippen LogP contribution is 2.37. The van der Waals surface area contributed by atoms with Crippen LogP contribution in [0.1, 0.15) is 54.0 Å². The Morgan fingerprint density at radius 3 is 3.04 bits per heavy atom. The van der Waals surface area contributed by atoms with Crippen LogP contribution < -0.4 is 10.6 Å². The minimum Gasteiger partial charge on any atom is -0.468 e. The van der Waals surface area contributed by atoms with Gasteiger partial charge in [-0.2, -0.15) is 5.26 Å². The second kappa shape index (κ2) is 7.65. The Morgan fingerprint density at radius 1 is 1.46 bits per heavy atom. The molecule has 5 nitrogen and oxygen atoms in total. The number of anilines is 1. The first-order chi connectivity index (χ1) is 11.7. The molecule has 126 valence electrons. The van der Waals surface area contributed by atoms with Crippen molar-refractivity contribution in [2.24, 2.45) is 0 Å². The zero-order valence-corrected chi connectivity index (χ0v) is 14.5. The molecule has 1 amide bonds. The van der Waals surface area contributed by atoms with Crippen molar-refractivity contribution in [3.05, 3.63) is 40.2 Å². The summed E-state index contributed by atoms with van der Waals surface area (Å²) in [6.45, 7) is 2.55. The van der Waals surface area contributed by atoms with Crippen molar-refractivity contribution in [3.63, 3.8) is 0 Å². The Labute approximate surface area is 145 Å². The quantitative estimate of drug-likeness (QED) is 0.837. The Morgan fingerprint density at radius 2 is 2.29 bits per heavy atom. The highest BCUT2D eigenvalue weighted by atomic mass is 32.1. The summed E-state index contributed by atoms with van der Waals surface area (Å²) in [6.07, 6.45) is 6.26. The minimum atomic E-state index is -0.0655. The number of hydrogen-bond donors (Lipinski definition) is 2. The molecule has 2 heterocycles. The number of furan rings is 1. The Hall–Kier alpha value is -2.10. The van der Waals surface area contributed by atoms with Crippen LogP contribution in [0.4, 0.5) is 5.00 Å². The number of carbonyl (C=O) groups excluding carboxylic acids is 1. The lowest BCUT2D eigenvalue weighted by atomic mass is 9.96. The maximum Gasteiger partial charge on any atom is 0.226 e. The van der Waals surface area contributed by atoms with Gasteiger partial charge in [0.15, 0.2) is 0 Å². The first-order valence-electron chi connectivity index (χ1n) is 8.30. The largest absolute Gasteiger partial charge is 0.468 e. The van der Waals surface area contributed by atoms with E-state index in [1.165, 1.54) is 11.3 Å². The van der Waals surface area contributed by atoms with E-state index < -0.39 is 0 Å². The normalized spacial score (nSPS) is 14.7. The number of rotatable bonds is 6. The van der Waals surface area contributed by atoms with E-state index in [2.05, 4.69) is 16.7 Å². The highest BCUT2D eigenvalue weighted by molar-refractivity contribution is 7.16. The molecule has 24 heavy (non-hydrogen) atoms. The van der Waals surface area contributed by atoms with Crippen LogP contribution >= 0.6 is 11.3 Å². The predicted octanol–water partition coefficient (Wildman–Crippen LogP) is 3.77. The van der Waals surface area contributed by atoms with E-state index in [1.54, 1.807) is 17.6 Å². The van der Waals surface area contributed by atoms with Gasteiger partial charge in [0.2, 0.25) is 5.91 Å². The third kappa shape index (κ3) is 3.69. The molecule has 6 heteroatoms. The second-order valence-corrected chi connectivity index (χ2v) is 7.12. The van der Waals surface area contributed by atoms with Gasteiger partial charge in [0.05, 0.1) is 17.9 Å². The van der Waals surface area contributed by atoms with E-state index in [1.807, 2.05) is 19.1 Å². The highest BCUT2D eigenvalue weighted by Gasteiger charge is 2.21. The van der Waals surface area contributed by atoms with Gasteiger partial charge in [-0.1, -0.05) is 0 Å². The first-order valence-corrected chi connectivity index (χ1v) is 9.12. The standard InChI is InChI=1S/C18H21N3O2S/c1-12(15-6-4-10-23-15)20-9-8-17(22)21-18-14(11-19)13-5-2-3-7-16(13)24-18/h4,6,10,12,20H,2-3,5,7-9H2,1H3,(H,21,22)/t12-/m0/s1. The maximum absolute atomic E-state index is 12.2. The lowest BCUT2D eigenvalue weighted by Crippen LogP contribution is -2.24. The zero-order valence-electron chi connectivity index (χ0n) is 13.7. The molecule has 1 atom stereocenters. The molecule has 2 N–H and O–H groups in total. The molecule has 2 aromatic rings. The molecule has 0 aromatic carbocycles. The number of nitrogens with zero attached hydrogens (tertiary/aromatic N) is 1. The van der Waals surface area contributed by atoms with E-state index in [9.17, 15) is 10.1 Å². The van der Waals surface area contributed by atoms with Crippen molar-refractivity contribution in [3.8, 4) is 6.07 Å². The van der Waals surface area contributed by atoms with Gasteiger partial charge in [0.25, 0.3) is 0 Å². The zero-order chi connectivity index (χ0) is 16.9. The van der Waals surface area contributed by atoms with Crippen molar-refractivity contribution in [1.29, 1.82) is 5.26 Å². The van der Waals surface area contributed by atoms with Gasteiger partial charge in [0.1, 0.15) is 16.8 Å². The lowest BCUT2D eigenvalue weighted by Gasteiger charge is -2.11. The van der Waals surface area contributed by atoms with Crippen LogP contribution in [0.5, 0.6) is 0 Å². The monoisotopic (exact) mass is 343 g/mol. The molecule has 0 aliphatic heterocycles. The van der Waals surface area contributed by atoms with E-state index in [-0.39, 0.29) is 11.9 Å². The van der Waals surface area contributed by atoms with Gasteiger partial charge < -0.3 is 15.1 Å². The van der Waals surface area contributed by atoms with Crippen LogP contribution in [0.2, 0.25) is 0 Å². The minimum absolute atomic E-state index is 0.0655. The van der Waals surface area contributed by atoms with E-state index in [0.29, 0.717) is 23.5 Å². The van der Waals surface area contributed by atoms with Crippen LogP contribution in [-0.4, -0.2) is 12.5 Å². The van der Waals surface area contributed by atoms with E-state index in [4.69, 9.17) is 4.42 Å². The molecule has 0 unspecified atom stereocenters. The molecule has 1 aliphatic rings. The summed E-state index contributed by atoms with van der Waals surface area (Å²) >= 11 is 1.56. The smallest absolute Gasteiger partial charge is 0.226 e. The Balaban J connectivity index is 1.54. The average Bonchev–Trinajstić information content (AvgIpc) is 3.22. The Kier molecular flexibility index (Phi) is 5.34. The van der Waals surface area contributed by atoms with Crippen LogP contribution in [0, 0.1) is 11.3 Å². The second-order valence-electron chi connectivity index (χ2n) is 6.02. The van der Waals surface area contributed by atoms with Gasteiger partial charge in [0, 0.05) is 17.8 Å². The van der Waals surface area contributed by atoms with Crippen molar-refractivity contribution in [2.45, 2.75) is 45.1 Å². The first kappa shape index (κ1) is 16.7. The predicted molar refractivity (Wildman–Crippen MR) is 94.0 cm³/mol. The topological polar surface area (TPSA) is 78.1 Å². The summed E-state index contributed by atoms with van der Waals surface area (Å²) in [5, 5.41) is 16.3. The van der Waals surface area contributed by atoms with E-state index >= 15 is 0 Å². The summed E-state index contributed by atoms with van der Waals surface area (Å²) in [6, 6.07) is 6.10. The van der Waals surface area contributed by atoms with Crippen molar-refractivity contribution < 1.29 is 9.21 Å². The van der Waals surface area contributed by atoms with Crippen molar-refractivity contribution >= 4 is 22.2 Å². The molecular weight excluding hydrogens is 322 g/mol. The number of nitriles is 1. The van der Waals surface area contributed by atoms with Crippen molar-refractivity contribution in [1.82, 2.24) is 5.32 Å². The number of fused-ring (bicyclic) bond motifs is 1. The number of amides is 1. The van der Waals surface area contributed by atoms with Gasteiger partial charge >= 0.3 is 0 Å². The van der Waals surface area contributed by atoms with Crippen LogP contribution in [0.15, 0.2) is 22.8 Å². The molecule has 3 rings (SSSR count). The Bertz CT molecular complexity index is 743. The van der Waals surface area contributed by atoms with Gasteiger partial charge in [-0.25, -0.2) is 0 Å². The maximum atomic E-state index is 12.2. The molecular formula is C18H21N3O2S. The summed E-state index contributed by atoms with van der Waals surface area (Å²) in [4.78, 5) is 13.4. The summed E-state index contributed by atoms with van der Waals surface area (Å²) in [5.74, 6) is 0.789. The third-order valence-electron chi connectivity index (χ3n) is 4.31. The number of hydrogen-bond acceptors (Lipinski definition) is 5. The number of nitrogens with one attached hydrogen (secondary N) is 2. The third-order valence-corrected chi connectivity index (χ3v) is 5.52. The molecule has 2 aromatic heterocycles. The molecule has 0 spiro atoms. The van der Waals surface area contributed by atoms with Gasteiger partial charge in [-0.3, -0.25) is 4.79 Å². The molecule has 1 aliphatic carbocycles. The fraction of sp³-hybridized carbons (Fsp3) is 0.444. The van der Waals surface area contributed by atoms with Crippen molar-refractivity contribution in [2.75, 3.05) is 11.9 Å². The van der Waals surface area contributed by atoms with Crippen LogP contribution in [0.3, 0.4) is 0 Å². The molecule has 0 radical (unpaired) electrons. The molecule has 0 bridgehead atoms.